The molecular formula is C6H7Cl2FN2. The van der Waals surface area contributed by atoms with Gasteiger partial charge in [0.2, 0.25) is 0 Å². The van der Waals surface area contributed by atoms with E-state index in [4.69, 9.17) is 11.6 Å². The lowest BCUT2D eigenvalue weighted by atomic mass is 10.4. The van der Waals surface area contributed by atoms with Crippen molar-refractivity contribution in [3.05, 3.63) is 23.1 Å². The maximum atomic E-state index is 12.7. The van der Waals surface area contributed by atoms with Gasteiger partial charge in [-0.2, -0.15) is 0 Å². The van der Waals surface area contributed by atoms with Crippen LogP contribution in [0.3, 0.4) is 0 Å². The molecule has 1 rings (SSSR count). The molecule has 2 nitrogen and oxygen atoms in total. The van der Waals surface area contributed by atoms with Gasteiger partial charge >= 0.3 is 0 Å². The zero-order chi connectivity index (χ0) is 7.56. The van der Waals surface area contributed by atoms with Gasteiger partial charge < -0.3 is 5.32 Å². The Hall–Kier alpha value is -0.540. The Bertz CT molecular complexity index is 242. The van der Waals surface area contributed by atoms with Gasteiger partial charge in [-0.25, -0.2) is 9.37 Å². The summed E-state index contributed by atoms with van der Waals surface area (Å²) in [7, 11) is 1.59. The zero-order valence-electron chi connectivity index (χ0n) is 5.77. The topological polar surface area (TPSA) is 24.9 Å². The molecule has 0 aliphatic rings. The molecule has 0 aliphatic carbocycles. The Morgan fingerprint density at radius 3 is 2.73 bits per heavy atom. The van der Waals surface area contributed by atoms with E-state index >= 15 is 0 Å². The highest BCUT2D eigenvalue weighted by Gasteiger charge is 2.03. The molecule has 11 heavy (non-hydrogen) atoms. The van der Waals surface area contributed by atoms with Crippen LogP contribution in [0.1, 0.15) is 0 Å². The lowest BCUT2D eigenvalue weighted by Crippen LogP contribution is -1.95. The number of nitrogens with one attached hydrogen (secondary N) is 1. The summed E-state index contributed by atoms with van der Waals surface area (Å²) in [6, 6.07) is 1.40. The first-order chi connectivity index (χ1) is 4.75. The average molecular weight is 197 g/mol. The first-order valence-corrected chi connectivity index (χ1v) is 3.11. The molecule has 0 spiro atoms. The smallest absolute Gasteiger partial charge is 0.183 e. The van der Waals surface area contributed by atoms with E-state index in [-0.39, 0.29) is 23.2 Å². The second-order valence-electron chi connectivity index (χ2n) is 1.71. The van der Waals surface area contributed by atoms with Gasteiger partial charge in [-0.15, -0.1) is 12.4 Å². The third kappa shape index (κ3) is 2.20. The van der Waals surface area contributed by atoms with E-state index < -0.39 is 5.82 Å². The second-order valence-corrected chi connectivity index (χ2v) is 2.11. The van der Waals surface area contributed by atoms with Gasteiger partial charge in [0.1, 0.15) is 0 Å². The van der Waals surface area contributed by atoms with Crippen molar-refractivity contribution >= 4 is 29.8 Å². The van der Waals surface area contributed by atoms with Gasteiger partial charge in [0.05, 0.1) is 5.02 Å². The van der Waals surface area contributed by atoms with Gasteiger partial charge in [0, 0.05) is 13.2 Å². The molecule has 0 bridgehead atoms. The molecule has 0 radical (unpaired) electrons. The van der Waals surface area contributed by atoms with E-state index in [1.165, 1.54) is 12.3 Å². The molecule has 1 aromatic heterocycles. The molecule has 0 unspecified atom stereocenters. The highest BCUT2D eigenvalue weighted by molar-refractivity contribution is 6.30. The third-order valence-electron chi connectivity index (χ3n) is 1.08. The van der Waals surface area contributed by atoms with Crippen LogP contribution in [-0.4, -0.2) is 12.0 Å². The maximum absolute atomic E-state index is 12.7. The van der Waals surface area contributed by atoms with Crippen LogP contribution < -0.4 is 5.32 Å². The predicted octanol–water partition coefficient (Wildman–Crippen LogP) is 2.34. The number of nitrogens with zero attached hydrogens (tertiary/aromatic N) is 1. The average Bonchev–Trinajstić information content (AvgIpc) is 1.95. The number of rotatable bonds is 1. The number of anilines is 1. The van der Waals surface area contributed by atoms with Crippen molar-refractivity contribution in [3.8, 4) is 0 Å². The van der Waals surface area contributed by atoms with Crippen LogP contribution in [0, 0.1) is 5.82 Å². The molecule has 1 aromatic rings. The fraction of sp³-hybridized carbons (Fsp3) is 0.167. The molecule has 1 N–H and O–H groups in total. The standard InChI is InChI=1S/C6H6ClFN2.ClH/c1-9-6-5(8)4(7)2-3-10-6;/h2-3H,1H3,(H,9,10);1H. The van der Waals surface area contributed by atoms with E-state index in [9.17, 15) is 4.39 Å². The molecule has 1 heterocycles. The highest BCUT2D eigenvalue weighted by atomic mass is 35.5. The quantitative estimate of drug-likeness (QED) is 0.747. The first-order valence-electron chi connectivity index (χ1n) is 2.73. The molecule has 0 aliphatic heterocycles. The molecule has 5 heteroatoms. The molecule has 0 amide bonds. The van der Waals surface area contributed by atoms with Gasteiger partial charge in [-0.05, 0) is 6.07 Å². The van der Waals surface area contributed by atoms with Gasteiger partial charge in [-0.3, -0.25) is 0 Å². The molecule has 0 atom stereocenters. The molecule has 0 fully saturated rings. The van der Waals surface area contributed by atoms with Crippen molar-refractivity contribution in [1.29, 1.82) is 0 Å². The third-order valence-corrected chi connectivity index (χ3v) is 1.37. The van der Waals surface area contributed by atoms with E-state index in [0.29, 0.717) is 0 Å². The summed E-state index contributed by atoms with van der Waals surface area (Å²) in [6.45, 7) is 0. The Balaban J connectivity index is 0.000001000. The number of aromatic nitrogens is 1. The van der Waals surface area contributed by atoms with Gasteiger partial charge in [-0.1, -0.05) is 11.6 Å². The van der Waals surface area contributed by atoms with Crippen molar-refractivity contribution in [3.63, 3.8) is 0 Å². The number of pyridine rings is 1. The SMILES string of the molecule is CNc1nccc(Cl)c1F.Cl. The Morgan fingerprint density at radius 2 is 2.27 bits per heavy atom. The molecule has 0 aromatic carbocycles. The van der Waals surface area contributed by atoms with Crippen LogP contribution in [0.4, 0.5) is 10.2 Å². The fourth-order valence-corrected chi connectivity index (χ4v) is 0.740. The number of hydrogen-bond donors (Lipinski definition) is 1. The van der Waals surface area contributed by atoms with Crippen LogP contribution in [0.5, 0.6) is 0 Å². The first kappa shape index (κ1) is 10.5. The van der Waals surface area contributed by atoms with Crippen LogP contribution >= 0.6 is 24.0 Å². The summed E-state index contributed by atoms with van der Waals surface area (Å²) in [6.07, 6.45) is 1.44. The van der Waals surface area contributed by atoms with E-state index in [1.807, 2.05) is 0 Å². The Kier molecular flexibility index (Phi) is 4.15. The van der Waals surface area contributed by atoms with Gasteiger partial charge in [0.25, 0.3) is 0 Å². The maximum Gasteiger partial charge on any atom is 0.183 e. The van der Waals surface area contributed by atoms with E-state index in [0.717, 1.165) is 0 Å². The Morgan fingerprint density at radius 1 is 1.64 bits per heavy atom. The van der Waals surface area contributed by atoms with Crippen LogP contribution in [-0.2, 0) is 0 Å². The van der Waals surface area contributed by atoms with Crippen LogP contribution in [0.2, 0.25) is 5.02 Å². The van der Waals surface area contributed by atoms with Crippen molar-refractivity contribution in [2.45, 2.75) is 0 Å². The largest absolute Gasteiger partial charge is 0.371 e. The Labute approximate surface area is 75.2 Å². The summed E-state index contributed by atoms with van der Waals surface area (Å²) in [5, 5.41) is 2.65. The normalized spacial score (nSPS) is 8.64. The minimum atomic E-state index is -0.508. The van der Waals surface area contributed by atoms with E-state index in [2.05, 4.69) is 10.3 Å². The summed E-state index contributed by atoms with van der Waals surface area (Å²) in [5.74, 6) is -0.334. The van der Waals surface area contributed by atoms with Crippen molar-refractivity contribution in [2.75, 3.05) is 12.4 Å². The molecule has 0 saturated heterocycles. The van der Waals surface area contributed by atoms with E-state index in [1.54, 1.807) is 7.05 Å². The summed E-state index contributed by atoms with van der Waals surface area (Å²) < 4.78 is 12.7. The summed E-state index contributed by atoms with van der Waals surface area (Å²) in [4.78, 5) is 3.69. The van der Waals surface area contributed by atoms with Crippen molar-refractivity contribution < 1.29 is 4.39 Å². The van der Waals surface area contributed by atoms with Crippen LogP contribution in [0.15, 0.2) is 12.3 Å². The van der Waals surface area contributed by atoms with Crippen LogP contribution in [0.25, 0.3) is 0 Å². The number of halogens is 3. The molecular weight excluding hydrogens is 190 g/mol. The molecule has 0 saturated carbocycles. The van der Waals surface area contributed by atoms with Gasteiger partial charge in [0.15, 0.2) is 11.6 Å². The minimum absolute atomic E-state index is 0. The fourth-order valence-electron chi connectivity index (χ4n) is 0.594. The predicted molar refractivity (Wildman–Crippen MR) is 46.0 cm³/mol. The van der Waals surface area contributed by atoms with Crippen molar-refractivity contribution in [1.82, 2.24) is 4.98 Å². The highest BCUT2D eigenvalue weighted by Crippen LogP contribution is 2.18. The van der Waals surface area contributed by atoms with Crippen molar-refractivity contribution in [2.24, 2.45) is 0 Å². The summed E-state index contributed by atoms with van der Waals surface area (Å²) >= 11 is 5.44. The number of hydrogen-bond acceptors (Lipinski definition) is 2. The molecule has 62 valence electrons. The summed E-state index contributed by atoms with van der Waals surface area (Å²) in [5.41, 5.74) is 0. The minimum Gasteiger partial charge on any atom is -0.371 e. The second kappa shape index (κ2) is 4.36. The lowest BCUT2D eigenvalue weighted by molar-refractivity contribution is 0.626. The zero-order valence-corrected chi connectivity index (χ0v) is 7.34. The monoisotopic (exact) mass is 196 g/mol. The lowest BCUT2D eigenvalue weighted by Gasteiger charge is -1.99.